The maximum absolute atomic E-state index is 12.4. The van der Waals surface area contributed by atoms with Gasteiger partial charge in [0, 0.05) is 26.2 Å². The summed E-state index contributed by atoms with van der Waals surface area (Å²) in [5, 5.41) is 4.16. The van der Waals surface area contributed by atoms with Gasteiger partial charge in [-0.05, 0) is 35.9 Å². The SMILES string of the molecule is O=C1Nc2ccc(Br)cc2C1=CS(=O)(=O)Cc1cccc(Cl)c1. The third-order valence-electron chi connectivity index (χ3n) is 3.32. The summed E-state index contributed by atoms with van der Waals surface area (Å²) in [4.78, 5) is 12.0. The van der Waals surface area contributed by atoms with Gasteiger partial charge in [0.2, 0.25) is 0 Å². The van der Waals surface area contributed by atoms with Crippen molar-refractivity contribution < 1.29 is 13.2 Å². The standard InChI is InChI=1S/C16H11BrClNO3S/c17-11-4-5-15-13(7-11)14(16(20)19-15)9-23(21,22)8-10-2-1-3-12(18)6-10/h1-7,9H,8H2,(H,19,20). The van der Waals surface area contributed by atoms with Crippen molar-refractivity contribution in [2.75, 3.05) is 5.32 Å². The molecule has 1 aliphatic rings. The van der Waals surface area contributed by atoms with Gasteiger partial charge >= 0.3 is 0 Å². The maximum Gasteiger partial charge on any atom is 0.257 e. The van der Waals surface area contributed by atoms with Crippen molar-refractivity contribution in [2.45, 2.75) is 5.75 Å². The van der Waals surface area contributed by atoms with Gasteiger partial charge in [-0.15, -0.1) is 0 Å². The van der Waals surface area contributed by atoms with Gasteiger partial charge in [0.15, 0.2) is 9.84 Å². The van der Waals surface area contributed by atoms with Gasteiger partial charge in [-0.1, -0.05) is 39.7 Å². The van der Waals surface area contributed by atoms with Crippen molar-refractivity contribution >= 4 is 54.5 Å². The Hall–Kier alpha value is -1.63. The number of halogens is 2. The number of hydrogen-bond acceptors (Lipinski definition) is 3. The number of carbonyl (C=O) groups excluding carboxylic acids is 1. The van der Waals surface area contributed by atoms with Gasteiger partial charge in [0.05, 0.1) is 11.3 Å². The Morgan fingerprint density at radius 2 is 1.96 bits per heavy atom. The zero-order valence-corrected chi connectivity index (χ0v) is 14.9. The van der Waals surface area contributed by atoms with Crippen LogP contribution in [0.2, 0.25) is 5.02 Å². The van der Waals surface area contributed by atoms with E-state index in [4.69, 9.17) is 11.6 Å². The highest BCUT2D eigenvalue weighted by molar-refractivity contribution is 9.10. The van der Waals surface area contributed by atoms with Crippen LogP contribution in [-0.2, 0) is 20.4 Å². The Labute approximate surface area is 147 Å². The molecule has 0 bridgehead atoms. The molecule has 1 amide bonds. The van der Waals surface area contributed by atoms with Crippen LogP contribution in [0.1, 0.15) is 11.1 Å². The Kier molecular flexibility index (Phi) is 4.31. The van der Waals surface area contributed by atoms with Crippen LogP contribution in [0.15, 0.2) is 52.3 Å². The molecule has 0 aromatic heterocycles. The Balaban J connectivity index is 1.98. The van der Waals surface area contributed by atoms with Crippen molar-refractivity contribution in [2.24, 2.45) is 0 Å². The molecule has 0 spiro atoms. The molecule has 23 heavy (non-hydrogen) atoms. The average Bonchev–Trinajstić information content (AvgIpc) is 2.74. The predicted molar refractivity (Wildman–Crippen MR) is 94.8 cm³/mol. The maximum atomic E-state index is 12.4. The Bertz CT molecular complexity index is 938. The number of fused-ring (bicyclic) bond motifs is 1. The monoisotopic (exact) mass is 411 g/mol. The fraction of sp³-hybridized carbons (Fsp3) is 0.0625. The van der Waals surface area contributed by atoms with Crippen LogP contribution in [0, 0.1) is 0 Å². The summed E-state index contributed by atoms with van der Waals surface area (Å²) in [6, 6.07) is 11.9. The van der Waals surface area contributed by atoms with E-state index in [0.717, 1.165) is 9.88 Å². The lowest BCUT2D eigenvalue weighted by atomic mass is 10.1. The van der Waals surface area contributed by atoms with Crippen molar-refractivity contribution in [3.8, 4) is 0 Å². The number of benzene rings is 2. The largest absolute Gasteiger partial charge is 0.321 e. The molecule has 118 valence electrons. The van der Waals surface area contributed by atoms with Crippen LogP contribution in [0.25, 0.3) is 5.57 Å². The summed E-state index contributed by atoms with van der Waals surface area (Å²) in [6.45, 7) is 0. The van der Waals surface area contributed by atoms with Gasteiger partial charge < -0.3 is 5.32 Å². The van der Waals surface area contributed by atoms with E-state index >= 15 is 0 Å². The fourth-order valence-electron chi connectivity index (χ4n) is 2.36. The van der Waals surface area contributed by atoms with Crippen molar-refractivity contribution in [3.05, 3.63) is 68.5 Å². The van der Waals surface area contributed by atoms with Crippen LogP contribution >= 0.6 is 27.5 Å². The summed E-state index contributed by atoms with van der Waals surface area (Å²) in [7, 11) is -3.62. The van der Waals surface area contributed by atoms with E-state index in [2.05, 4.69) is 21.2 Å². The first-order valence-electron chi connectivity index (χ1n) is 6.64. The van der Waals surface area contributed by atoms with Crippen molar-refractivity contribution in [1.82, 2.24) is 0 Å². The number of hydrogen-bond donors (Lipinski definition) is 1. The highest BCUT2D eigenvalue weighted by Gasteiger charge is 2.26. The number of sulfone groups is 1. The zero-order chi connectivity index (χ0) is 16.6. The summed E-state index contributed by atoms with van der Waals surface area (Å²) in [5.41, 5.74) is 1.88. The molecule has 0 aliphatic carbocycles. The molecule has 2 aromatic rings. The van der Waals surface area contributed by atoms with E-state index in [9.17, 15) is 13.2 Å². The molecule has 3 rings (SSSR count). The highest BCUT2D eigenvalue weighted by atomic mass is 79.9. The third kappa shape index (κ3) is 3.65. The Morgan fingerprint density at radius 3 is 2.70 bits per heavy atom. The molecular formula is C16H11BrClNO3S. The van der Waals surface area contributed by atoms with Crippen LogP contribution < -0.4 is 5.32 Å². The topological polar surface area (TPSA) is 63.2 Å². The van der Waals surface area contributed by atoms with Crippen molar-refractivity contribution in [3.63, 3.8) is 0 Å². The van der Waals surface area contributed by atoms with Crippen LogP contribution in [0.3, 0.4) is 0 Å². The molecule has 4 nitrogen and oxygen atoms in total. The predicted octanol–water partition coefficient (Wildman–Crippen LogP) is 4.01. The first-order chi connectivity index (χ1) is 10.8. The molecule has 0 saturated heterocycles. The molecule has 1 N–H and O–H groups in total. The van der Waals surface area contributed by atoms with Gasteiger partial charge in [-0.25, -0.2) is 8.42 Å². The summed E-state index contributed by atoms with van der Waals surface area (Å²) >= 11 is 9.20. The third-order valence-corrected chi connectivity index (χ3v) is 5.38. The molecule has 0 atom stereocenters. The second kappa shape index (κ2) is 6.11. The zero-order valence-electron chi connectivity index (χ0n) is 11.7. The highest BCUT2D eigenvalue weighted by Crippen LogP contribution is 2.34. The van der Waals surface area contributed by atoms with Gasteiger partial charge in [-0.3, -0.25) is 4.79 Å². The summed E-state index contributed by atoms with van der Waals surface area (Å²) in [5.74, 6) is -0.638. The molecule has 0 fully saturated rings. The smallest absolute Gasteiger partial charge is 0.257 e. The van der Waals surface area contributed by atoms with E-state index < -0.39 is 15.7 Å². The molecule has 2 aromatic carbocycles. The summed E-state index contributed by atoms with van der Waals surface area (Å²) in [6.07, 6.45) is 0. The number of rotatable bonds is 3. The Morgan fingerprint density at radius 1 is 1.17 bits per heavy atom. The van der Waals surface area contributed by atoms with Gasteiger partial charge in [0.25, 0.3) is 5.91 Å². The van der Waals surface area contributed by atoms with Gasteiger partial charge in [0.1, 0.15) is 0 Å². The second-order valence-corrected chi connectivity index (χ2v) is 8.31. The van der Waals surface area contributed by atoms with Gasteiger partial charge in [-0.2, -0.15) is 0 Å². The first-order valence-corrected chi connectivity index (χ1v) is 9.53. The molecule has 0 radical (unpaired) electrons. The normalized spacial score (nSPS) is 15.6. The number of carbonyl (C=O) groups is 1. The van der Waals surface area contributed by atoms with E-state index in [1.54, 1.807) is 42.5 Å². The molecule has 0 unspecified atom stereocenters. The summed E-state index contributed by atoms with van der Waals surface area (Å²) < 4.78 is 25.6. The fourth-order valence-corrected chi connectivity index (χ4v) is 4.25. The molecule has 1 aliphatic heterocycles. The van der Waals surface area contributed by atoms with E-state index in [1.165, 1.54) is 0 Å². The minimum atomic E-state index is -3.62. The van der Waals surface area contributed by atoms with E-state index in [-0.39, 0.29) is 11.3 Å². The minimum absolute atomic E-state index is 0.142. The lowest BCUT2D eigenvalue weighted by molar-refractivity contribution is -0.110. The quantitative estimate of drug-likeness (QED) is 0.775. The molecule has 0 saturated carbocycles. The average molecular weight is 413 g/mol. The molecular weight excluding hydrogens is 402 g/mol. The number of amides is 1. The van der Waals surface area contributed by atoms with Crippen molar-refractivity contribution in [1.29, 1.82) is 0 Å². The van der Waals surface area contributed by atoms with E-state index in [1.807, 2.05) is 0 Å². The lowest BCUT2D eigenvalue weighted by Crippen LogP contribution is -2.07. The molecule has 7 heteroatoms. The lowest BCUT2D eigenvalue weighted by Gasteiger charge is -2.03. The van der Waals surface area contributed by atoms with Crippen LogP contribution in [0.5, 0.6) is 0 Å². The number of nitrogens with one attached hydrogen (secondary N) is 1. The molecule has 1 heterocycles. The van der Waals surface area contributed by atoms with Crippen LogP contribution in [0.4, 0.5) is 5.69 Å². The first kappa shape index (κ1) is 16.2. The van der Waals surface area contributed by atoms with E-state index in [0.29, 0.717) is 21.8 Å². The second-order valence-electron chi connectivity index (χ2n) is 5.11. The van der Waals surface area contributed by atoms with Crippen LogP contribution in [-0.4, -0.2) is 14.3 Å². The minimum Gasteiger partial charge on any atom is -0.321 e. The number of anilines is 1.